The zero-order valence-electron chi connectivity index (χ0n) is 11.6. The summed E-state index contributed by atoms with van der Waals surface area (Å²) in [7, 11) is -3.72. The van der Waals surface area contributed by atoms with Crippen molar-refractivity contribution in [2.45, 2.75) is 32.6 Å². The van der Waals surface area contributed by atoms with E-state index in [1.807, 2.05) is 13.8 Å². The minimum atomic E-state index is -3.72. The number of rotatable bonds is 5. The zero-order chi connectivity index (χ0) is 14.7. The van der Waals surface area contributed by atoms with Crippen LogP contribution < -0.4 is 10.3 Å². The Morgan fingerprint density at radius 2 is 1.68 bits per heavy atom. The van der Waals surface area contributed by atoms with Gasteiger partial charge in [-0.2, -0.15) is 0 Å². The Hall–Kier alpha value is -1.40. The molecule has 0 aliphatic carbocycles. The number of amides is 1. The molecular weight excluding hydrogens is 264 g/mol. The van der Waals surface area contributed by atoms with Crippen LogP contribution in [-0.4, -0.2) is 14.3 Å². The van der Waals surface area contributed by atoms with Crippen LogP contribution >= 0.6 is 0 Å². The average molecular weight is 284 g/mol. The molecule has 1 aromatic carbocycles. The summed E-state index contributed by atoms with van der Waals surface area (Å²) < 4.78 is 23.8. The molecule has 106 valence electrons. The van der Waals surface area contributed by atoms with Gasteiger partial charge < -0.3 is 0 Å². The van der Waals surface area contributed by atoms with Crippen molar-refractivity contribution in [2.24, 2.45) is 11.3 Å². The standard InChI is InChI=1S/C13H20N2O3S/c1-10(2)13(3,4)12(16)14-15-19(17,18)11-8-6-5-7-9-11/h5-10,15H,1-4H3,(H,14,16). The molecule has 5 nitrogen and oxygen atoms in total. The zero-order valence-corrected chi connectivity index (χ0v) is 12.4. The van der Waals surface area contributed by atoms with Crippen molar-refractivity contribution in [2.75, 3.05) is 0 Å². The van der Waals surface area contributed by atoms with E-state index in [1.165, 1.54) is 12.1 Å². The van der Waals surface area contributed by atoms with E-state index >= 15 is 0 Å². The lowest BCUT2D eigenvalue weighted by Gasteiger charge is -2.27. The molecule has 6 heteroatoms. The first-order chi connectivity index (χ1) is 8.68. The molecule has 0 aromatic heterocycles. The number of hydrogen-bond donors (Lipinski definition) is 2. The smallest absolute Gasteiger partial charge is 0.257 e. The minimum Gasteiger partial charge on any atom is -0.277 e. The first-order valence-corrected chi connectivity index (χ1v) is 7.53. The molecular formula is C13H20N2O3S. The van der Waals surface area contributed by atoms with E-state index < -0.39 is 15.4 Å². The van der Waals surface area contributed by atoms with E-state index in [1.54, 1.807) is 32.0 Å². The van der Waals surface area contributed by atoms with Crippen molar-refractivity contribution in [3.05, 3.63) is 30.3 Å². The van der Waals surface area contributed by atoms with E-state index in [0.717, 1.165) is 0 Å². The number of carbonyl (C=O) groups excluding carboxylic acids is 1. The summed E-state index contributed by atoms with van der Waals surface area (Å²) in [4.78, 5) is 14.2. The predicted octanol–water partition coefficient (Wildman–Crippen LogP) is 1.68. The third kappa shape index (κ3) is 3.78. The lowest BCUT2D eigenvalue weighted by Crippen LogP contribution is -2.49. The SMILES string of the molecule is CC(C)C(C)(C)C(=O)NNS(=O)(=O)c1ccccc1. The fourth-order valence-electron chi connectivity index (χ4n) is 1.20. The fourth-order valence-corrected chi connectivity index (χ4v) is 2.06. The second-order valence-corrected chi connectivity index (χ2v) is 6.93. The highest BCUT2D eigenvalue weighted by molar-refractivity contribution is 7.89. The molecule has 0 radical (unpaired) electrons. The maximum atomic E-state index is 11.9. The van der Waals surface area contributed by atoms with Gasteiger partial charge in [0.25, 0.3) is 10.0 Å². The normalized spacial score (nSPS) is 12.5. The molecule has 1 rings (SSSR count). The molecule has 0 fully saturated rings. The number of nitrogens with one attached hydrogen (secondary N) is 2. The Morgan fingerprint density at radius 3 is 2.16 bits per heavy atom. The van der Waals surface area contributed by atoms with Gasteiger partial charge in [-0.05, 0) is 18.1 Å². The summed E-state index contributed by atoms with van der Waals surface area (Å²) in [5, 5.41) is 0. The highest BCUT2D eigenvalue weighted by Crippen LogP contribution is 2.25. The predicted molar refractivity (Wildman–Crippen MR) is 73.5 cm³/mol. The second kappa shape index (κ2) is 5.71. The Bertz CT molecular complexity index is 536. The van der Waals surface area contributed by atoms with Gasteiger partial charge in [0.05, 0.1) is 4.90 Å². The molecule has 0 heterocycles. The minimum absolute atomic E-state index is 0.0914. The van der Waals surface area contributed by atoms with Crippen LogP contribution in [0.5, 0.6) is 0 Å². The number of hydrazine groups is 1. The molecule has 19 heavy (non-hydrogen) atoms. The van der Waals surface area contributed by atoms with Gasteiger partial charge in [-0.1, -0.05) is 45.9 Å². The summed E-state index contributed by atoms with van der Waals surface area (Å²) in [6.45, 7) is 7.35. The van der Waals surface area contributed by atoms with Gasteiger partial charge in [0, 0.05) is 5.41 Å². The van der Waals surface area contributed by atoms with Crippen LogP contribution in [0.3, 0.4) is 0 Å². The van der Waals surface area contributed by atoms with Gasteiger partial charge in [-0.15, -0.1) is 4.83 Å². The number of carbonyl (C=O) groups is 1. The van der Waals surface area contributed by atoms with E-state index in [-0.39, 0.29) is 16.7 Å². The highest BCUT2D eigenvalue weighted by atomic mass is 32.2. The summed E-state index contributed by atoms with van der Waals surface area (Å²) in [6.07, 6.45) is 0. The second-order valence-electron chi connectivity index (χ2n) is 5.25. The molecule has 0 bridgehead atoms. The summed E-state index contributed by atoms with van der Waals surface area (Å²) in [6, 6.07) is 7.88. The van der Waals surface area contributed by atoms with Gasteiger partial charge in [0.1, 0.15) is 0 Å². The van der Waals surface area contributed by atoms with Crippen molar-refractivity contribution in [3.8, 4) is 0 Å². The Kier molecular flexibility index (Phi) is 4.70. The molecule has 0 spiro atoms. The molecule has 0 aliphatic heterocycles. The summed E-state index contributed by atoms with van der Waals surface area (Å²) in [5.74, 6) is -0.268. The maximum Gasteiger partial charge on any atom is 0.257 e. The Balaban J connectivity index is 2.75. The third-order valence-corrected chi connectivity index (χ3v) is 4.64. The average Bonchev–Trinajstić information content (AvgIpc) is 2.36. The van der Waals surface area contributed by atoms with Crippen LogP contribution in [0.1, 0.15) is 27.7 Å². The molecule has 0 saturated heterocycles. The van der Waals surface area contributed by atoms with E-state index in [9.17, 15) is 13.2 Å². The molecule has 0 saturated carbocycles. The first kappa shape index (κ1) is 15.7. The lowest BCUT2D eigenvalue weighted by atomic mass is 9.80. The van der Waals surface area contributed by atoms with E-state index in [4.69, 9.17) is 0 Å². The van der Waals surface area contributed by atoms with Crippen LogP contribution in [-0.2, 0) is 14.8 Å². The number of hydrogen-bond acceptors (Lipinski definition) is 3. The van der Waals surface area contributed by atoms with Crippen LogP contribution in [0.2, 0.25) is 0 Å². The fraction of sp³-hybridized carbons (Fsp3) is 0.462. The van der Waals surface area contributed by atoms with Crippen LogP contribution in [0.25, 0.3) is 0 Å². The van der Waals surface area contributed by atoms with Crippen LogP contribution in [0, 0.1) is 11.3 Å². The van der Waals surface area contributed by atoms with Crippen molar-refractivity contribution in [3.63, 3.8) is 0 Å². The largest absolute Gasteiger partial charge is 0.277 e. The van der Waals surface area contributed by atoms with Crippen molar-refractivity contribution in [1.29, 1.82) is 0 Å². The molecule has 0 aliphatic rings. The Morgan fingerprint density at radius 1 is 1.16 bits per heavy atom. The quantitative estimate of drug-likeness (QED) is 0.808. The molecule has 1 amide bonds. The molecule has 1 aromatic rings. The monoisotopic (exact) mass is 284 g/mol. The summed E-state index contributed by atoms with van der Waals surface area (Å²) >= 11 is 0. The topological polar surface area (TPSA) is 75.3 Å². The van der Waals surface area contributed by atoms with E-state index in [0.29, 0.717) is 0 Å². The molecule has 2 N–H and O–H groups in total. The molecule has 0 unspecified atom stereocenters. The third-order valence-electron chi connectivity index (χ3n) is 3.38. The van der Waals surface area contributed by atoms with Gasteiger partial charge in [-0.3, -0.25) is 10.2 Å². The lowest BCUT2D eigenvalue weighted by molar-refractivity contribution is -0.132. The van der Waals surface area contributed by atoms with Crippen molar-refractivity contribution in [1.82, 2.24) is 10.3 Å². The van der Waals surface area contributed by atoms with Gasteiger partial charge in [-0.25, -0.2) is 8.42 Å². The van der Waals surface area contributed by atoms with Crippen LogP contribution in [0.4, 0.5) is 0 Å². The molecule has 0 atom stereocenters. The van der Waals surface area contributed by atoms with Crippen LogP contribution in [0.15, 0.2) is 35.2 Å². The number of benzene rings is 1. The van der Waals surface area contributed by atoms with Gasteiger partial charge >= 0.3 is 0 Å². The maximum absolute atomic E-state index is 11.9. The number of sulfonamides is 1. The van der Waals surface area contributed by atoms with Crippen molar-refractivity contribution < 1.29 is 13.2 Å². The first-order valence-electron chi connectivity index (χ1n) is 6.05. The summed E-state index contributed by atoms with van der Waals surface area (Å²) in [5.41, 5.74) is 1.61. The highest BCUT2D eigenvalue weighted by Gasteiger charge is 2.31. The van der Waals surface area contributed by atoms with Gasteiger partial charge in [0.2, 0.25) is 5.91 Å². The Labute approximate surface area is 114 Å². The van der Waals surface area contributed by atoms with Gasteiger partial charge in [0.15, 0.2) is 0 Å². The van der Waals surface area contributed by atoms with E-state index in [2.05, 4.69) is 10.3 Å². The van der Waals surface area contributed by atoms with Crippen molar-refractivity contribution >= 4 is 15.9 Å².